The van der Waals surface area contributed by atoms with E-state index in [2.05, 4.69) is 19.6 Å². The molecule has 0 amide bonds. The summed E-state index contributed by atoms with van der Waals surface area (Å²) in [7, 11) is -0.848. The minimum Gasteiger partial charge on any atom is -0.123 e. The second-order valence-electron chi connectivity index (χ2n) is 4.97. The van der Waals surface area contributed by atoms with Crippen LogP contribution in [0.4, 0.5) is 0 Å². The van der Waals surface area contributed by atoms with Crippen molar-refractivity contribution in [1.82, 2.24) is 0 Å². The van der Waals surface area contributed by atoms with E-state index < -0.39 is 8.07 Å². The molecule has 2 unspecified atom stereocenters. The topological polar surface area (TPSA) is 0 Å². The van der Waals surface area contributed by atoms with Crippen molar-refractivity contribution in [2.45, 2.75) is 50.3 Å². The Bertz CT molecular complexity index is 128. The molecule has 66 valence electrons. The van der Waals surface area contributed by atoms with Gasteiger partial charge in [-0.15, -0.1) is 11.6 Å². The molecule has 11 heavy (non-hydrogen) atoms. The van der Waals surface area contributed by atoms with Crippen LogP contribution in [0.15, 0.2) is 0 Å². The molecule has 0 heterocycles. The van der Waals surface area contributed by atoms with E-state index in [9.17, 15) is 0 Å². The average molecular weight is 191 g/mol. The van der Waals surface area contributed by atoms with Gasteiger partial charge in [0.2, 0.25) is 0 Å². The number of hydrogen-bond acceptors (Lipinski definition) is 0. The Hall–Kier alpha value is 0.507. The number of halogens is 1. The molecule has 1 aliphatic carbocycles. The highest BCUT2D eigenvalue weighted by Gasteiger charge is 2.29. The Balaban J connectivity index is 2.37. The molecule has 0 aromatic heterocycles. The van der Waals surface area contributed by atoms with Gasteiger partial charge in [0.05, 0.1) is 0 Å². The van der Waals surface area contributed by atoms with E-state index in [-0.39, 0.29) is 0 Å². The maximum Gasteiger partial charge on any atom is 0.0445 e. The quantitative estimate of drug-likeness (QED) is 0.460. The first-order valence-electron chi connectivity index (χ1n) is 4.63. The van der Waals surface area contributed by atoms with Crippen molar-refractivity contribution in [3.05, 3.63) is 0 Å². The summed E-state index contributed by atoms with van der Waals surface area (Å²) in [6, 6.07) is 1.43. The lowest BCUT2D eigenvalue weighted by Crippen LogP contribution is -2.25. The van der Waals surface area contributed by atoms with Crippen LogP contribution in [0.1, 0.15) is 19.3 Å². The second-order valence-corrected chi connectivity index (χ2v) is 11.1. The monoisotopic (exact) mass is 190 g/mol. The molecule has 2 heteroatoms. The van der Waals surface area contributed by atoms with Gasteiger partial charge in [0, 0.05) is 13.5 Å². The van der Waals surface area contributed by atoms with Gasteiger partial charge in [-0.25, -0.2) is 0 Å². The van der Waals surface area contributed by atoms with E-state index in [1.165, 1.54) is 25.3 Å². The summed E-state index contributed by atoms with van der Waals surface area (Å²) in [5, 5.41) is 0.502. The van der Waals surface area contributed by atoms with Gasteiger partial charge < -0.3 is 0 Å². The Morgan fingerprint density at radius 2 is 1.91 bits per heavy atom. The van der Waals surface area contributed by atoms with Crippen molar-refractivity contribution < 1.29 is 0 Å². The summed E-state index contributed by atoms with van der Waals surface area (Å²) in [6.07, 6.45) is 4.01. The van der Waals surface area contributed by atoms with E-state index in [0.717, 1.165) is 5.92 Å². The molecule has 0 nitrogen and oxygen atoms in total. The standard InChI is InChI=1S/C9H19ClSi/c1-11(2,3)7-8-5-4-6-9(8)10/h8-9H,4-7H2,1-3H3. The van der Waals surface area contributed by atoms with E-state index >= 15 is 0 Å². The highest BCUT2D eigenvalue weighted by atomic mass is 35.5. The van der Waals surface area contributed by atoms with Crippen LogP contribution in [0.3, 0.4) is 0 Å². The van der Waals surface area contributed by atoms with Crippen LogP contribution < -0.4 is 0 Å². The number of hydrogen-bond donors (Lipinski definition) is 0. The summed E-state index contributed by atoms with van der Waals surface area (Å²) in [6.45, 7) is 7.32. The van der Waals surface area contributed by atoms with Crippen molar-refractivity contribution in [2.24, 2.45) is 5.92 Å². The fourth-order valence-corrected chi connectivity index (χ4v) is 4.59. The van der Waals surface area contributed by atoms with Gasteiger partial charge in [-0.05, 0) is 18.8 Å². The molecule has 1 saturated carbocycles. The Morgan fingerprint density at radius 3 is 2.27 bits per heavy atom. The normalized spacial score (nSPS) is 32.7. The van der Waals surface area contributed by atoms with Gasteiger partial charge in [-0.2, -0.15) is 0 Å². The molecule has 0 radical (unpaired) electrons. The molecular weight excluding hydrogens is 172 g/mol. The molecule has 1 aliphatic rings. The SMILES string of the molecule is C[Si](C)(C)CC1CCCC1Cl. The third kappa shape index (κ3) is 3.16. The zero-order valence-corrected chi connectivity index (χ0v) is 9.62. The number of alkyl halides is 1. The largest absolute Gasteiger partial charge is 0.123 e. The summed E-state index contributed by atoms with van der Waals surface area (Å²) < 4.78 is 0. The highest BCUT2D eigenvalue weighted by molar-refractivity contribution is 6.76. The lowest BCUT2D eigenvalue weighted by atomic mass is 10.1. The third-order valence-electron chi connectivity index (χ3n) is 2.44. The maximum atomic E-state index is 6.21. The lowest BCUT2D eigenvalue weighted by molar-refractivity contribution is 0.608. The van der Waals surface area contributed by atoms with Crippen molar-refractivity contribution in [3.8, 4) is 0 Å². The van der Waals surface area contributed by atoms with Crippen LogP contribution in [-0.2, 0) is 0 Å². The van der Waals surface area contributed by atoms with E-state index in [4.69, 9.17) is 11.6 Å². The van der Waals surface area contributed by atoms with Crippen molar-refractivity contribution in [1.29, 1.82) is 0 Å². The van der Waals surface area contributed by atoms with Gasteiger partial charge in [0.25, 0.3) is 0 Å². The zero-order valence-electron chi connectivity index (χ0n) is 7.86. The maximum absolute atomic E-state index is 6.21. The molecule has 0 aromatic carbocycles. The van der Waals surface area contributed by atoms with Crippen LogP contribution in [0, 0.1) is 5.92 Å². The molecule has 0 aliphatic heterocycles. The first-order valence-corrected chi connectivity index (χ1v) is 8.77. The third-order valence-corrected chi connectivity index (χ3v) is 4.76. The second kappa shape index (κ2) is 3.49. The first kappa shape index (κ1) is 9.59. The molecule has 1 rings (SSSR count). The van der Waals surface area contributed by atoms with Crippen molar-refractivity contribution >= 4 is 19.7 Å². The lowest BCUT2D eigenvalue weighted by Gasteiger charge is -2.22. The molecule has 0 spiro atoms. The minimum atomic E-state index is -0.848. The van der Waals surface area contributed by atoms with Gasteiger partial charge in [0.15, 0.2) is 0 Å². The summed E-state index contributed by atoms with van der Waals surface area (Å²) >= 11 is 6.21. The molecule has 0 N–H and O–H groups in total. The smallest absolute Gasteiger partial charge is 0.0445 e. The Morgan fingerprint density at radius 1 is 1.27 bits per heavy atom. The Labute approximate surface area is 76.3 Å². The van der Waals surface area contributed by atoms with E-state index in [1.54, 1.807) is 0 Å². The van der Waals surface area contributed by atoms with Gasteiger partial charge in [-0.3, -0.25) is 0 Å². The van der Waals surface area contributed by atoms with Crippen LogP contribution in [-0.4, -0.2) is 13.5 Å². The highest BCUT2D eigenvalue weighted by Crippen LogP contribution is 2.35. The molecule has 0 aromatic rings. The fraction of sp³-hybridized carbons (Fsp3) is 1.00. The van der Waals surface area contributed by atoms with Gasteiger partial charge in [-0.1, -0.05) is 32.1 Å². The predicted molar refractivity (Wildman–Crippen MR) is 55.1 cm³/mol. The predicted octanol–water partition coefficient (Wildman–Crippen LogP) is 3.73. The minimum absolute atomic E-state index is 0.502. The van der Waals surface area contributed by atoms with Gasteiger partial charge >= 0.3 is 0 Å². The first-order chi connectivity index (χ1) is 4.99. The summed E-state index contributed by atoms with van der Waals surface area (Å²) in [5.41, 5.74) is 0. The van der Waals surface area contributed by atoms with Crippen LogP contribution >= 0.6 is 11.6 Å². The van der Waals surface area contributed by atoms with Crippen LogP contribution in [0.5, 0.6) is 0 Å². The molecular formula is C9H19ClSi. The van der Waals surface area contributed by atoms with E-state index in [0.29, 0.717) is 5.38 Å². The summed E-state index contributed by atoms with van der Waals surface area (Å²) in [5.74, 6) is 0.850. The van der Waals surface area contributed by atoms with E-state index in [1.807, 2.05) is 0 Å². The average Bonchev–Trinajstić information content (AvgIpc) is 2.12. The molecule has 1 fully saturated rings. The molecule has 0 saturated heterocycles. The van der Waals surface area contributed by atoms with Crippen molar-refractivity contribution in [3.63, 3.8) is 0 Å². The zero-order chi connectivity index (χ0) is 8.48. The van der Waals surface area contributed by atoms with Crippen LogP contribution in [0.2, 0.25) is 25.7 Å². The van der Waals surface area contributed by atoms with Crippen LogP contribution in [0.25, 0.3) is 0 Å². The Kier molecular flexibility index (Phi) is 3.04. The fourth-order valence-electron chi connectivity index (χ4n) is 2.01. The molecule has 2 atom stereocenters. The van der Waals surface area contributed by atoms with Crippen molar-refractivity contribution in [2.75, 3.05) is 0 Å². The van der Waals surface area contributed by atoms with Gasteiger partial charge in [0.1, 0.15) is 0 Å². The molecule has 0 bridgehead atoms. The summed E-state index contributed by atoms with van der Waals surface area (Å²) in [4.78, 5) is 0. The number of rotatable bonds is 2.